The summed E-state index contributed by atoms with van der Waals surface area (Å²) in [5.74, 6) is 0.962. The number of phenols is 1. The van der Waals surface area contributed by atoms with Gasteiger partial charge in [-0.1, -0.05) is 11.6 Å². The second-order valence-corrected chi connectivity index (χ2v) is 4.88. The van der Waals surface area contributed by atoms with Crippen molar-refractivity contribution in [3.63, 3.8) is 0 Å². The Kier molecular flexibility index (Phi) is 2.76. The minimum atomic E-state index is -0.348. The number of aromatic hydroxyl groups is 1. The average Bonchev–Trinajstić information content (AvgIpc) is 2.67. The Bertz CT molecular complexity index is 577. The minimum Gasteiger partial charge on any atom is -0.508 e. The molecule has 0 radical (unpaired) electrons. The van der Waals surface area contributed by atoms with Gasteiger partial charge in [-0.25, -0.2) is 4.98 Å². The van der Waals surface area contributed by atoms with Crippen molar-refractivity contribution < 1.29 is 10.2 Å². The van der Waals surface area contributed by atoms with Crippen LogP contribution in [0.1, 0.15) is 12.1 Å². The van der Waals surface area contributed by atoms with Gasteiger partial charge in [0.15, 0.2) is 5.15 Å². The molecule has 2 N–H and O–H groups in total. The van der Waals surface area contributed by atoms with Crippen LogP contribution >= 0.6 is 11.6 Å². The van der Waals surface area contributed by atoms with Crippen molar-refractivity contribution in [3.05, 3.63) is 35.1 Å². The second-order valence-electron chi connectivity index (χ2n) is 4.52. The largest absolute Gasteiger partial charge is 0.508 e. The summed E-state index contributed by atoms with van der Waals surface area (Å²) in [7, 11) is 0. The molecular formula is C13H13ClN2O2. The SMILES string of the molecule is Oc1ccc(-c2nc(Cl)c3n2CC(O)CC3)cc1. The fraction of sp³-hybridized carbons (Fsp3) is 0.308. The molecule has 1 aliphatic rings. The molecular weight excluding hydrogens is 252 g/mol. The molecule has 94 valence electrons. The smallest absolute Gasteiger partial charge is 0.150 e. The lowest BCUT2D eigenvalue weighted by Gasteiger charge is -2.21. The first-order chi connectivity index (χ1) is 8.65. The van der Waals surface area contributed by atoms with Gasteiger partial charge in [0.1, 0.15) is 11.6 Å². The van der Waals surface area contributed by atoms with E-state index in [1.54, 1.807) is 24.3 Å². The summed E-state index contributed by atoms with van der Waals surface area (Å²) in [5.41, 5.74) is 1.86. The summed E-state index contributed by atoms with van der Waals surface area (Å²) >= 11 is 6.13. The Morgan fingerprint density at radius 2 is 2.00 bits per heavy atom. The summed E-state index contributed by atoms with van der Waals surface area (Å²) < 4.78 is 1.96. The first kappa shape index (κ1) is 11.6. The molecule has 3 rings (SSSR count). The monoisotopic (exact) mass is 264 g/mol. The highest BCUT2D eigenvalue weighted by atomic mass is 35.5. The molecule has 5 heteroatoms. The molecule has 1 aromatic carbocycles. The molecule has 1 aliphatic heterocycles. The first-order valence-corrected chi connectivity index (χ1v) is 6.25. The van der Waals surface area contributed by atoms with Crippen LogP contribution in [0.4, 0.5) is 0 Å². The average molecular weight is 265 g/mol. The van der Waals surface area contributed by atoms with Crippen molar-refractivity contribution in [2.75, 3.05) is 0 Å². The lowest BCUT2D eigenvalue weighted by Crippen LogP contribution is -2.24. The number of benzene rings is 1. The molecule has 1 atom stereocenters. The summed E-state index contributed by atoms with van der Waals surface area (Å²) in [4.78, 5) is 4.36. The maximum absolute atomic E-state index is 9.75. The number of fused-ring (bicyclic) bond motifs is 1. The van der Waals surface area contributed by atoms with Crippen molar-refractivity contribution in [3.8, 4) is 17.1 Å². The molecule has 0 aliphatic carbocycles. The van der Waals surface area contributed by atoms with Gasteiger partial charge >= 0.3 is 0 Å². The highest BCUT2D eigenvalue weighted by Gasteiger charge is 2.23. The van der Waals surface area contributed by atoms with Crippen molar-refractivity contribution in [1.29, 1.82) is 0 Å². The molecule has 18 heavy (non-hydrogen) atoms. The maximum Gasteiger partial charge on any atom is 0.150 e. The van der Waals surface area contributed by atoms with E-state index in [-0.39, 0.29) is 11.9 Å². The van der Waals surface area contributed by atoms with Crippen LogP contribution in [-0.4, -0.2) is 25.9 Å². The summed E-state index contributed by atoms with van der Waals surface area (Å²) in [6.45, 7) is 0.519. The number of aliphatic hydroxyl groups is 1. The van der Waals surface area contributed by atoms with Crippen LogP contribution < -0.4 is 0 Å². The van der Waals surface area contributed by atoms with E-state index in [1.165, 1.54) is 0 Å². The highest BCUT2D eigenvalue weighted by Crippen LogP contribution is 2.30. The molecule has 4 nitrogen and oxygen atoms in total. The van der Waals surface area contributed by atoms with Crippen LogP contribution in [0.2, 0.25) is 5.15 Å². The fourth-order valence-electron chi connectivity index (χ4n) is 2.33. The quantitative estimate of drug-likeness (QED) is 0.830. The van der Waals surface area contributed by atoms with E-state index in [2.05, 4.69) is 4.98 Å². The molecule has 0 saturated carbocycles. The Morgan fingerprint density at radius 1 is 1.28 bits per heavy atom. The van der Waals surface area contributed by atoms with E-state index < -0.39 is 0 Å². The normalized spacial score (nSPS) is 18.7. The maximum atomic E-state index is 9.75. The first-order valence-electron chi connectivity index (χ1n) is 5.87. The zero-order valence-electron chi connectivity index (χ0n) is 9.67. The van der Waals surface area contributed by atoms with E-state index >= 15 is 0 Å². The third kappa shape index (κ3) is 1.87. The van der Waals surface area contributed by atoms with Crippen molar-refractivity contribution in [1.82, 2.24) is 9.55 Å². The standard InChI is InChI=1S/C13H13ClN2O2/c14-12-11-6-5-10(18)7-16(11)13(15-12)8-1-3-9(17)4-2-8/h1-4,10,17-18H,5-7H2. The number of aromatic nitrogens is 2. The molecule has 0 amide bonds. The minimum absolute atomic E-state index is 0.218. The van der Waals surface area contributed by atoms with Crippen LogP contribution in [0, 0.1) is 0 Å². The van der Waals surface area contributed by atoms with Gasteiger partial charge in [0.2, 0.25) is 0 Å². The van der Waals surface area contributed by atoms with E-state index in [4.69, 9.17) is 11.6 Å². The van der Waals surface area contributed by atoms with Gasteiger partial charge in [-0.3, -0.25) is 0 Å². The lowest BCUT2D eigenvalue weighted by molar-refractivity contribution is 0.132. The topological polar surface area (TPSA) is 58.3 Å². The molecule has 1 unspecified atom stereocenters. The van der Waals surface area contributed by atoms with Crippen LogP contribution in [0.25, 0.3) is 11.4 Å². The van der Waals surface area contributed by atoms with E-state index in [0.717, 1.165) is 29.9 Å². The van der Waals surface area contributed by atoms with Gasteiger partial charge in [0, 0.05) is 5.56 Å². The van der Waals surface area contributed by atoms with Gasteiger partial charge in [-0.15, -0.1) is 0 Å². The van der Waals surface area contributed by atoms with Crippen molar-refractivity contribution >= 4 is 11.6 Å². The number of halogens is 1. The van der Waals surface area contributed by atoms with E-state index in [0.29, 0.717) is 11.7 Å². The Labute approximate surface area is 109 Å². The van der Waals surface area contributed by atoms with Gasteiger partial charge in [-0.05, 0) is 37.1 Å². The number of phenolic OH excluding ortho intramolecular Hbond substituents is 1. The number of hydrogen-bond donors (Lipinski definition) is 2. The predicted octanol–water partition coefficient (Wildman–Crippen LogP) is 2.22. The van der Waals surface area contributed by atoms with Gasteiger partial charge in [-0.2, -0.15) is 0 Å². The molecule has 0 bridgehead atoms. The van der Waals surface area contributed by atoms with E-state index in [9.17, 15) is 10.2 Å². The molecule has 0 fully saturated rings. The third-order valence-corrected chi connectivity index (χ3v) is 3.56. The van der Waals surface area contributed by atoms with Crippen molar-refractivity contribution in [2.45, 2.75) is 25.5 Å². The molecule has 2 heterocycles. The number of imidazole rings is 1. The van der Waals surface area contributed by atoms with Crippen LogP contribution in [0.3, 0.4) is 0 Å². The highest BCUT2D eigenvalue weighted by molar-refractivity contribution is 6.30. The molecule has 0 saturated heterocycles. The van der Waals surface area contributed by atoms with E-state index in [1.807, 2.05) is 4.57 Å². The van der Waals surface area contributed by atoms with Crippen LogP contribution in [0.5, 0.6) is 5.75 Å². The van der Waals surface area contributed by atoms with Gasteiger partial charge in [0.25, 0.3) is 0 Å². The summed E-state index contributed by atoms with van der Waals surface area (Å²) in [6.07, 6.45) is 1.12. The van der Waals surface area contributed by atoms with Crippen molar-refractivity contribution in [2.24, 2.45) is 0 Å². The number of aliphatic hydroxyl groups excluding tert-OH is 1. The number of rotatable bonds is 1. The van der Waals surface area contributed by atoms with Gasteiger partial charge < -0.3 is 14.8 Å². The summed E-state index contributed by atoms with van der Waals surface area (Å²) in [5, 5.41) is 19.5. The van der Waals surface area contributed by atoms with Crippen LogP contribution in [-0.2, 0) is 13.0 Å². The zero-order valence-corrected chi connectivity index (χ0v) is 10.4. The van der Waals surface area contributed by atoms with Crippen LogP contribution in [0.15, 0.2) is 24.3 Å². The number of nitrogens with zero attached hydrogens (tertiary/aromatic N) is 2. The Balaban J connectivity index is 2.10. The number of hydrogen-bond acceptors (Lipinski definition) is 3. The second kappa shape index (κ2) is 4.30. The third-order valence-electron chi connectivity index (χ3n) is 3.26. The molecule has 0 spiro atoms. The fourth-order valence-corrected chi connectivity index (χ4v) is 2.60. The molecule has 1 aromatic heterocycles. The Morgan fingerprint density at radius 3 is 2.72 bits per heavy atom. The predicted molar refractivity (Wildman–Crippen MR) is 68.7 cm³/mol. The molecule has 2 aromatic rings. The van der Waals surface area contributed by atoms with Gasteiger partial charge in [0.05, 0.1) is 18.3 Å². The Hall–Kier alpha value is -1.52. The lowest BCUT2D eigenvalue weighted by atomic mass is 10.1. The summed E-state index contributed by atoms with van der Waals surface area (Å²) in [6, 6.07) is 6.82. The zero-order chi connectivity index (χ0) is 12.7.